The summed E-state index contributed by atoms with van der Waals surface area (Å²) in [4.78, 5) is 14.2. The molecule has 0 aromatic carbocycles. The quantitative estimate of drug-likeness (QED) is 0.875. The molecule has 0 aliphatic heterocycles. The van der Waals surface area contributed by atoms with Gasteiger partial charge < -0.3 is 15.1 Å². The predicted octanol–water partition coefficient (Wildman–Crippen LogP) is 1.70. The fraction of sp³-hybridized carbons (Fsp3) is 0.385. The monoisotopic (exact) mass is 260 g/mol. The molecule has 0 saturated heterocycles. The minimum absolute atomic E-state index is 0.119. The molecule has 3 rings (SSSR count). The van der Waals surface area contributed by atoms with E-state index in [1.54, 1.807) is 4.90 Å². The first-order valence-corrected chi connectivity index (χ1v) is 6.30. The molecule has 2 heterocycles. The van der Waals surface area contributed by atoms with Crippen molar-refractivity contribution in [2.24, 2.45) is 0 Å². The first kappa shape index (κ1) is 11.8. The van der Waals surface area contributed by atoms with Gasteiger partial charge in [-0.25, -0.2) is 0 Å². The van der Waals surface area contributed by atoms with Gasteiger partial charge in [-0.2, -0.15) is 5.10 Å². The number of nitrogens with two attached hydrogens (primary N) is 1. The lowest BCUT2D eigenvalue weighted by Crippen LogP contribution is -2.33. The van der Waals surface area contributed by atoms with E-state index in [2.05, 4.69) is 10.2 Å². The van der Waals surface area contributed by atoms with Gasteiger partial charge in [-0.3, -0.25) is 9.89 Å². The van der Waals surface area contributed by atoms with Crippen molar-refractivity contribution in [3.8, 4) is 0 Å². The average molecular weight is 260 g/mol. The normalized spacial score (nSPS) is 14.6. The Bertz CT molecular complexity index is 597. The average Bonchev–Trinajstić information content (AvgIpc) is 3.01. The third kappa shape index (κ3) is 2.33. The molecule has 1 fully saturated rings. The molecular weight excluding hydrogens is 244 g/mol. The Balaban J connectivity index is 1.81. The molecule has 2 aromatic heterocycles. The number of furan rings is 1. The van der Waals surface area contributed by atoms with E-state index in [0.717, 1.165) is 24.4 Å². The van der Waals surface area contributed by atoms with Gasteiger partial charge in [0.1, 0.15) is 17.2 Å². The Morgan fingerprint density at radius 2 is 2.37 bits per heavy atom. The number of hydrogen-bond donors (Lipinski definition) is 2. The number of anilines is 1. The van der Waals surface area contributed by atoms with Crippen molar-refractivity contribution >= 4 is 11.6 Å². The first-order chi connectivity index (χ1) is 9.15. The molecule has 19 heavy (non-hydrogen) atoms. The topological polar surface area (TPSA) is 88.2 Å². The molecule has 0 unspecified atom stereocenters. The van der Waals surface area contributed by atoms with Crippen LogP contribution < -0.4 is 5.73 Å². The second-order valence-corrected chi connectivity index (χ2v) is 4.88. The fourth-order valence-electron chi connectivity index (χ4n) is 2.10. The number of H-pyrrole nitrogens is 1. The van der Waals surface area contributed by atoms with Crippen molar-refractivity contribution < 1.29 is 9.21 Å². The molecule has 1 aliphatic carbocycles. The number of aryl methyl sites for hydroxylation is 1. The third-order valence-electron chi connectivity index (χ3n) is 3.25. The lowest BCUT2D eigenvalue weighted by atomic mass is 10.3. The maximum atomic E-state index is 12.5. The summed E-state index contributed by atoms with van der Waals surface area (Å²) in [5, 5.41) is 6.46. The van der Waals surface area contributed by atoms with Gasteiger partial charge in [-0.1, -0.05) is 0 Å². The van der Waals surface area contributed by atoms with Crippen LogP contribution in [-0.4, -0.2) is 27.0 Å². The minimum Gasteiger partial charge on any atom is -0.464 e. The van der Waals surface area contributed by atoms with Gasteiger partial charge in [0.05, 0.1) is 18.4 Å². The highest BCUT2D eigenvalue weighted by molar-refractivity contribution is 5.97. The molecule has 0 bridgehead atoms. The summed E-state index contributed by atoms with van der Waals surface area (Å²) in [6, 6.07) is 4.07. The zero-order valence-electron chi connectivity index (χ0n) is 10.7. The minimum atomic E-state index is -0.119. The SMILES string of the molecule is Cc1ccc(CN(C(=O)c2[nH]ncc2N)C2CC2)o1. The van der Waals surface area contributed by atoms with E-state index in [9.17, 15) is 4.79 Å². The van der Waals surface area contributed by atoms with Crippen molar-refractivity contribution in [1.29, 1.82) is 0 Å². The second kappa shape index (κ2) is 4.46. The molecule has 1 aliphatic rings. The standard InChI is InChI=1S/C13H16N4O2/c1-8-2-5-10(19-8)7-17(9-3-4-9)13(18)12-11(14)6-15-16-12/h2,5-6,9H,3-4,7,14H2,1H3,(H,15,16). The van der Waals surface area contributed by atoms with Crippen LogP contribution in [0, 0.1) is 6.92 Å². The molecule has 2 aromatic rings. The van der Waals surface area contributed by atoms with E-state index >= 15 is 0 Å². The number of nitrogen functional groups attached to an aromatic ring is 1. The van der Waals surface area contributed by atoms with E-state index in [0.29, 0.717) is 17.9 Å². The summed E-state index contributed by atoms with van der Waals surface area (Å²) in [6.07, 6.45) is 3.51. The summed E-state index contributed by atoms with van der Waals surface area (Å²) >= 11 is 0. The largest absolute Gasteiger partial charge is 0.464 e. The highest BCUT2D eigenvalue weighted by Crippen LogP contribution is 2.30. The van der Waals surface area contributed by atoms with Crippen LogP contribution in [0.15, 0.2) is 22.7 Å². The van der Waals surface area contributed by atoms with Gasteiger partial charge in [0.2, 0.25) is 0 Å². The predicted molar refractivity (Wildman–Crippen MR) is 69.3 cm³/mol. The molecule has 0 radical (unpaired) electrons. The van der Waals surface area contributed by atoms with Crippen LogP contribution in [0.1, 0.15) is 34.9 Å². The van der Waals surface area contributed by atoms with Crippen molar-refractivity contribution in [2.45, 2.75) is 32.4 Å². The number of aromatic nitrogens is 2. The van der Waals surface area contributed by atoms with Crippen LogP contribution in [0.2, 0.25) is 0 Å². The van der Waals surface area contributed by atoms with Crippen LogP contribution in [-0.2, 0) is 6.54 Å². The van der Waals surface area contributed by atoms with Gasteiger partial charge >= 0.3 is 0 Å². The lowest BCUT2D eigenvalue weighted by Gasteiger charge is -2.20. The number of amides is 1. The van der Waals surface area contributed by atoms with Crippen LogP contribution in [0.5, 0.6) is 0 Å². The molecule has 0 spiro atoms. The van der Waals surface area contributed by atoms with E-state index in [4.69, 9.17) is 10.2 Å². The third-order valence-corrected chi connectivity index (χ3v) is 3.25. The number of nitrogens with zero attached hydrogens (tertiary/aromatic N) is 2. The van der Waals surface area contributed by atoms with Gasteiger partial charge in [-0.15, -0.1) is 0 Å². The van der Waals surface area contributed by atoms with E-state index in [1.807, 2.05) is 19.1 Å². The summed E-state index contributed by atoms with van der Waals surface area (Å²) in [7, 11) is 0. The molecule has 0 atom stereocenters. The maximum Gasteiger partial charge on any atom is 0.274 e. The fourth-order valence-corrected chi connectivity index (χ4v) is 2.10. The van der Waals surface area contributed by atoms with Crippen LogP contribution in [0.3, 0.4) is 0 Å². The van der Waals surface area contributed by atoms with Crippen LogP contribution in [0.25, 0.3) is 0 Å². The Morgan fingerprint density at radius 3 is 2.89 bits per heavy atom. The summed E-state index contributed by atoms with van der Waals surface area (Å²) in [6.45, 7) is 2.36. The highest BCUT2D eigenvalue weighted by Gasteiger charge is 2.34. The van der Waals surface area contributed by atoms with Crippen molar-refractivity contribution in [2.75, 3.05) is 5.73 Å². The molecule has 100 valence electrons. The lowest BCUT2D eigenvalue weighted by molar-refractivity contribution is 0.0712. The van der Waals surface area contributed by atoms with E-state index in [1.165, 1.54) is 6.20 Å². The molecule has 1 saturated carbocycles. The van der Waals surface area contributed by atoms with Gasteiger partial charge in [0.25, 0.3) is 5.91 Å². The van der Waals surface area contributed by atoms with Gasteiger partial charge in [0.15, 0.2) is 0 Å². The van der Waals surface area contributed by atoms with Crippen molar-refractivity contribution in [1.82, 2.24) is 15.1 Å². The summed E-state index contributed by atoms with van der Waals surface area (Å²) in [5.74, 6) is 1.52. The molecule has 6 heteroatoms. The molecule has 1 amide bonds. The number of hydrogen-bond acceptors (Lipinski definition) is 4. The number of rotatable bonds is 4. The van der Waals surface area contributed by atoms with E-state index < -0.39 is 0 Å². The number of aromatic amines is 1. The Kier molecular flexibility index (Phi) is 2.77. The number of carbonyl (C=O) groups excluding carboxylic acids is 1. The molecular formula is C13H16N4O2. The maximum absolute atomic E-state index is 12.5. The van der Waals surface area contributed by atoms with Gasteiger partial charge in [0, 0.05) is 6.04 Å². The van der Waals surface area contributed by atoms with Crippen LogP contribution in [0.4, 0.5) is 5.69 Å². The summed E-state index contributed by atoms with van der Waals surface area (Å²) in [5.41, 5.74) is 6.47. The molecule has 3 N–H and O–H groups in total. The second-order valence-electron chi connectivity index (χ2n) is 4.88. The zero-order chi connectivity index (χ0) is 13.4. The Hall–Kier alpha value is -2.24. The number of carbonyl (C=O) groups is 1. The van der Waals surface area contributed by atoms with Gasteiger partial charge in [-0.05, 0) is 31.9 Å². The number of nitrogens with one attached hydrogen (secondary N) is 1. The van der Waals surface area contributed by atoms with Crippen molar-refractivity contribution in [3.63, 3.8) is 0 Å². The Morgan fingerprint density at radius 1 is 1.58 bits per heavy atom. The van der Waals surface area contributed by atoms with E-state index in [-0.39, 0.29) is 11.9 Å². The highest BCUT2D eigenvalue weighted by atomic mass is 16.3. The van der Waals surface area contributed by atoms with Crippen molar-refractivity contribution in [3.05, 3.63) is 35.5 Å². The Labute approximate surface area is 110 Å². The first-order valence-electron chi connectivity index (χ1n) is 6.30. The van der Waals surface area contributed by atoms with Crippen LogP contribution >= 0.6 is 0 Å². The zero-order valence-corrected chi connectivity index (χ0v) is 10.7. The molecule has 6 nitrogen and oxygen atoms in total. The summed E-state index contributed by atoms with van der Waals surface area (Å²) < 4.78 is 5.54. The smallest absolute Gasteiger partial charge is 0.274 e.